The SMILES string of the molecule is Nc1ncc(-c2nnn(CCCO)n2)cc1-c1cc2cc(NC(=O)Nc3ccc(F)c(C(F)(F)F)c3)ccc2s1. The second-order valence-electron chi connectivity index (χ2n) is 8.58. The molecule has 2 amide bonds. The minimum atomic E-state index is -4.90. The molecule has 15 heteroatoms. The van der Waals surface area contributed by atoms with E-state index in [1.54, 1.807) is 30.5 Å². The Morgan fingerprint density at radius 3 is 2.58 bits per heavy atom. The number of nitrogens with zero attached hydrogens (tertiary/aromatic N) is 5. The van der Waals surface area contributed by atoms with Crippen molar-refractivity contribution in [1.29, 1.82) is 0 Å². The summed E-state index contributed by atoms with van der Waals surface area (Å²) in [6, 6.07) is 10.2. The smallest absolute Gasteiger partial charge is 0.396 e. The van der Waals surface area contributed by atoms with E-state index >= 15 is 0 Å². The van der Waals surface area contributed by atoms with E-state index in [0.717, 1.165) is 21.0 Å². The Morgan fingerprint density at radius 1 is 1.07 bits per heavy atom. The van der Waals surface area contributed by atoms with Crippen LogP contribution < -0.4 is 16.4 Å². The Hall–Kier alpha value is -4.63. The molecule has 0 aliphatic rings. The average Bonchev–Trinajstić information content (AvgIpc) is 3.55. The Labute approximate surface area is 227 Å². The van der Waals surface area contributed by atoms with Crippen molar-refractivity contribution in [3.05, 3.63) is 66.1 Å². The molecule has 0 aliphatic heterocycles. The number of anilines is 3. The fourth-order valence-corrected chi connectivity index (χ4v) is 4.90. The maximum absolute atomic E-state index is 13.5. The van der Waals surface area contributed by atoms with E-state index in [0.29, 0.717) is 53.6 Å². The summed E-state index contributed by atoms with van der Waals surface area (Å²) in [6.07, 6.45) is -2.86. The number of amides is 2. The lowest BCUT2D eigenvalue weighted by Crippen LogP contribution is -2.20. The van der Waals surface area contributed by atoms with Crippen LogP contribution >= 0.6 is 11.3 Å². The van der Waals surface area contributed by atoms with E-state index in [2.05, 4.69) is 31.0 Å². The van der Waals surface area contributed by atoms with Crippen molar-refractivity contribution in [2.24, 2.45) is 0 Å². The maximum Gasteiger partial charge on any atom is 0.419 e. The number of thiophene rings is 1. The Morgan fingerprint density at radius 2 is 1.82 bits per heavy atom. The van der Waals surface area contributed by atoms with E-state index in [9.17, 15) is 22.4 Å². The molecule has 5 N–H and O–H groups in total. The van der Waals surface area contributed by atoms with Gasteiger partial charge in [-0.2, -0.15) is 18.0 Å². The van der Waals surface area contributed by atoms with E-state index in [1.807, 2.05) is 6.07 Å². The third kappa shape index (κ3) is 5.84. The summed E-state index contributed by atoms with van der Waals surface area (Å²) in [5.41, 5.74) is 6.10. The normalized spacial score (nSPS) is 11.6. The van der Waals surface area contributed by atoms with Crippen molar-refractivity contribution in [1.82, 2.24) is 25.2 Å². The molecule has 5 aromatic rings. The van der Waals surface area contributed by atoms with Crippen LogP contribution in [0.15, 0.2) is 54.7 Å². The Bertz CT molecular complexity index is 1700. The van der Waals surface area contributed by atoms with Gasteiger partial charge in [0.05, 0.1) is 12.1 Å². The number of aryl methyl sites for hydroxylation is 1. The molecular formula is C25H20F4N8O2S. The highest BCUT2D eigenvalue weighted by atomic mass is 32.1. The summed E-state index contributed by atoms with van der Waals surface area (Å²) in [5.74, 6) is -0.786. The highest BCUT2D eigenvalue weighted by Gasteiger charge is 2.34. The maximum atomic E-state index is 13.5. The first-order chi connectivity index (χ1) is 19.1. The number of rotatable bonds is 7. The lowest BCUT2D eigenvalue weighted by atomic mass is 10.1. The molecule has 3 aromatic heterocycles. The van der Waals surface area contributed by atoms with Crippen molar-refractivity contribution < 1.29 is 27.5 Å². The molecule has 0 radical (unpaired) electrons. The van der Waals surface area contributed by atoms with Crippen molar-refractivity contribution in [3.63, 3.8) is 0 Å². The van der Waals surface area contributed by atoms with Crippen LogP contribution in [0.1, 0.15) is 12.0 Å². The zero-order valence-electron chi connectivity index (χ0n) is 20.4. The molecule has 206 valence electrons. The number of nitrogens with one attached hydrogen (secondary N) is 2. The van der Waals surface area contributed by atoms with Gasteiger partial charge in [-0.05, 0) is 65.6 Å². The first-order valence-corrected chi connectivity index (χ1v) is 12.6. The van der Waals surface area contributed by atoms with E-state index in [-0.39, 0.29) is 12.3 Å². The monoisotopic (exact) mass is 572 g/mol. The first-order valence-electron chi connectivity index (χ1n) is 11.7. The highest BCUT2D eigenvalue weighted by molar-refractivity contribution is 7.22. The van der Waals surface area contributed by atoms with Gasteiger partial charge in [-0.25, -0.2) is 14.2 Å². The number of aliphatic hydroxyl groups excluding tert-OH is 1. The van der Waals surface area contributed by atoms with Gasteiger partial charge in [0.2, 0.25) is 5.82 Å². The molecule has 0 unspecified atom stereocenters. The van der Waals surface area contributed by atoms with Gasteiger partial charge in [0.15, 0.2) is 0 Å². The number of carbonyl (C=O) groups is 1. The largest absolute Gasteiger partial charge is 0.419 e. The number of pyridine rings is 1. The molecular weight excluding hydrogens is 552 g/mol. The number of aliphatic hydroxyl groups is 1. The van der Waals surface area contributed by atoms with Crippen molar-refractivity contribution in [3.8, 4) is 21.8 Å². The molecule has 40 heavy (non-hydrogen) atoms. The third-order valence-corrected chi connectivity index (χ3v) is 6.86. The molecule has 0 spiro atoms. The number of urea groups is 1. The standard InChI is InChI=1S/C25H20F4N8O2S/c26-19-4-2-16(11-18(19)25(27,28)29)33-24(39)32-15-3-5-20-13(8-15)10-21(40-20)17-9-14(12-31-22(17)30)23-34-36-37(35-23)6-1-7-38/h2-5,8-12,38H,1,6-7H2,(H2,30,31)(H2,32,33,39). The van der Waals surface area contributed by atoms with Crippen molar-refractivity contribution in [2.45, 2.75) is 19.1 Å². The molecule has 0 atom stereocenters. The number of halogens is 4. The van der Waals surface area contributed by atoms with Crippen LogP contribution in [0.5, 0.6) is 0 Å². The number of nitrogens with two attached hydrogens (primary N) is 1. The molecule has 3 heterocycles. The summed E-state index contributed by atoms with van der Waals surface area (Å²) in [4.78, 5) is 18.9. The lowest BCUT2D eigenvalue weighted by Gasteiger charge is -2.11. The number of benzene rings is 2. The number of hydrogen-bond donors (Lipinski definition) is 4. The number of alkyl halides is 3. The summed E-state index contributed by atoms with van der Waals surface area (Å²) in [5, 5.41) is 26.9. The predicted molar refractivity (Wildman–Crippen MR) is 142 cm³/mol. The van der Waals surface area contributed by atoms with Gasteiger partial charge in [-0.15, -0.1) is 21.5 Å². The average molecular weight is 573 g/mol. The van der Waals surface area contributed by atoms with E-state index < -0.39 is 23.6 Å². The van der Waals surface area contributed by atoms with E-state index in [1.165, 1.54) is 16.1 Å². The molecule has 0 fully saturated rings. The van der Waals surface area contributed by atoms with Gasteiger partial charge in [0.1, 0.15) is 11.6 Å². The number of fused-ring (bicyclic) bond motifs is 1. The van der Waals surface area contributed by atoms with E-state index in [4.69, 9.17) is 10.8 Å². The van der Waals surface area contributed by atoms with Gasteiger partial charge in [-0.3, -0.25) is 0 Å². The van der Waals surface area contributed by atoms with Crippen molar-refractivity contribution >= 4 is 44.6 Å². The van der Waals surface area contributed by atoms with Crippen LogP contribution in [-0.4, -0.2) is 42.9 Å². The van der Waals surface area contributed by atoms with Gasteiger partial charge >= 0.3 is 12.2 Å². The zero-order chi connectivity index (χ0) is 28.4. The fourth-order valence-electron chi connectivity index (χ4n) is 3.83. The molecule has 2 aromatic carbocycles. The Kier molecular flexibility index (Phi) is 7.32. The van der Waals surface area contributed by atoms with Crippen LogP contribution in [0.3, 0.4) is 0 Å². The molecule has 0 saturated carbocycles. The summed E-state index contributed by atoms with van der Waals surface area (Å²) < 4.78 is 53.3. The number of tetrazole rings is 1. The number of hydrogen-bond acceptors (Lipinski definition) is 8. The van der Waals surface area contributed by atoms with Crippen LogP contribution in [0, 0.1) is 5.82 Å². The van der Waals surface area contributed by atoms with Crippen LogP contribution in [0.25, 0.3) is 31.9 Å². The zero-order valence-corrected chi connectivity index (χ0v) is 21.2. The number of carbonyl (C=O) groups excluding carboxylic acids is 1. The van der Waals surface area contributed by atoms with Gasteiger partial charge in [0, 0.05) is 44.9 Å². The minimum Gasteiger partial charge on any atom is -0.396 e. The predicted octanol–water partition coefficient (Wildman–Crippen LogP) is 5.38. The lowest BCUT2D eigenvalue weighted by molar-refractivity contribution is -0.139. The second kappa shape index (κ2) is 10.9. The molecule has 0 saturated heterocycles. The number of aromatic nitrogens is 5. The molecule has 0 aliphatic carbocycles. The first kappa shape index (κ1) is 27.0. The third-order valence-electron chi connectivity index (χ3n) is 5.72. The molecule has 0 bridgehead atoms. The summed E-state index contributed by atoms with van der Waals surface area (Å²) in [7, 11) is 0. The second-order valence-corrected chi connectivity index (χ2v) is 9.66. The van der Waals surface area contributed by atoms with Gasteiger partial charge in [0.25, 0.3) is 0 Å². The van der Waals surface area contributed by atoms with Crippen LogP contribution in [0.4, 0.5) is 39.5 Å². The molecule has 5 rings (SSSR count). The highest BCUT2D eigenvalue weighted by Crippen LogP contribution is 2.38. The summed E-state index contributed by atoms with van der Waals surface area (Å²) >= 11 is 1.44. The van der Waals surface area contributed by atoms with Gasteiger partial charge < -0.3 is 21.5 Å². The topological polar surface area (TPSA) is 144 Å². The fraction of sp³-hybridized carbons (Fsp3) is 0.160. The Balaban J connectivity index is 1.34. The van der Waals surface area contributed by atoms with Crippen molar-refractivity contribution in [2.75, 3.05) is 23.0 Å². The molecule has 10 nitrogen and oxygen atoms in total. The summed E-state index contributed by atoms with van der Waals surface area (Å²) in [6.45, 7) is 0.428. The quantitative estimate of drug-likeness (QED) is 0.192. The van der Waals surface area contributed by atoms with Crippen LogP contribution in [-0.2, 0) is 12.7 Å². The number of nitrogen functional groups attached to an aromatic ring is 1. The van der Waals surface area contributed by atoms with Crippen LogP contribution in [0.2, 0.25) is 0 Å². The van der Waals surface area contributed by atoms with Gasteiger partial charge in [-0.1, -0.05) is 0 Å². The minimum absolute atomic E-state index is 0.00927.